The molecule has 8 heteroatoms. The minimum Gasteiger partial charge on any atom is -0.507 e. The Kier molecular flexibility index (Phi) is 5.94. The fourth-order valence-electron chi connectivity index (χ4n) is 1.78. The molecule has 1 atom stereocenters. The number of hydrogen-bond acceptors (Lipinski definition) is 4. The zero-order chi connectivity index (χ0) is 17.9. The van der Waals surface area contributed by atoms with Gasteiger partial charge in [-0.15, -0.1) is 0 Å². The number of rotatable bonds is 4. The number of benzene rings is 2. The fourth-order valence-corrected chi connectivity index (χ4v) is 2.29. The summed E-state index contributed by atoms with van der Waals surface area (Å²) in [5.41, 5.74) is 0.200. The molecule has 1 amide bonds. The minimum absolute atomic E-state index is 0.0974. The number of carbonyl (C=O) groups is 2. The fraction of sp³-hybridized carbons (Fsp3) is 0.125. The third-order valence-electron chi connectivity index (χ3n) is 3.02. The summed E-state index contributed by atoms with van der Waals surface area (Å²) in [6, 6.07) is 8.51. The first kappa shape index (κ1) is 18.4. The van der Waals surface area contributed by atoms with Crippen LogP contribution < -0.4 is 5.32 Å². The van der Waals surface area contributed by atoms with Crippen molar-refractivity contribution in [1.82, 2.24) is 0 Å². The molecule has 0 unspecified atom stereocenters. The maximum Gasteiger partial charge on any atom is 0.342 e. The van der Waals surface area contributed by atoms with E-state index in [-0.39, 0.29) is 16.3 Å². The van der Waals surface area contributed by atoms with Crippen LogP contribution in [0.1, 0.15) is 17.3 Å². The van der Waals surface area contributed by atoms with E-state index in [9.17, 15) is 14.7 Å². The standard InChI is InChI=1S/C16H12Cl3NO4/c1-8(15(22)20-13-6-9(17)3-5-12(13)19)24-16(23)11-4-2-10(18)7-14(11)21/h2-8,21H,1H3,(H,20,22)/t8-/m1/s1. The lowest BCUT2D eigenvalue weighted by Gasteiger charge is -2.15. The lowest BCUT2D eigenvalue weighted by atomic mass is 10.2. The Labute approximate surface area is 153 Å². The smallest absolute Gasteiger partial charge is 0.342 e. The second-order valence-electron chi connectivity index (χ2n) is 4.82. The van der Waals surface area contributed by atoms with E-state index in [0.717, 1.165) is 0 Å². The summed E-state index contributed by atoms with van der Waals surface area (Å²) in [5.74, 6) is -1.79. The van der Waals surface area contributed by atoms with E-state index < -0.39 is 18.0 Å². The second-order valence-corrected chi connectivity index (χ2v) is 6.10. The molecule has 0 fully saturated rings. The number of amides is 1. The highest BCUT2D eigenvalue weighted by Gasteiger charge is 2.21. The highest BCUT2D eigenvalue weighted by Crippen LogP contribution is 2.26. The number of phenols is 1. The summed E-state index contributed by atoms with van der Waals surface area (Å²) >= 11 is 17.5. The van der Waals surface area contributed by atoms with Crippen molar-refractivity contribution in [1.29, 1.82) is 0 Å². The van der Waals surface area contributed by atoms with Crippen molar-refractivity contribution in [3.63, 3.8) is 0 Å². The third-order valence-corrected chi connectivity index (χ3v) is 3.82. The number of anilines is 1. The van der Waals surface area contributed by atoms with Crippen molar-refractivity contribution in [3.05, 3.63) is 57.0 Å². The van der Waals surface area contributed by atoms with E-state index in [1.165, 1.54) is 37.3 Å². The van der Waals surface area contributed by atoms with Gasteiger partial charge in [0.2, 0.25) is 0 Å². The van der Waals surface area contributed by atoms with Gasteiger partial charge >= 0.3 is 5.97 Å². The quantitative estimate of drug-likeness (QED) is 0.754. The van der Waals surface area contributed by atoms with Gasteiger partial charge in [-0.2, -0.15) is 0 Å². The Morgan fingerprint density at radius 3 is 2.38 bits per heavy atom. The summed E-state index contributed by atoms with van der Waals surface area (Å²) in [6.07, 6.45) is -1.12. The van der Waals surface area contributed by atoms with E-state index in [1.807, 2.05) is 0 Å². The van der Waals surface area contributed by atoms with Gasteiger partial charge in [-0.1, -0.05) is 34.8 Å². The van der Waals surface area contributed by atoms with E-state index >= 15 is 0 Å². The number of carbonyl (C=O) groups excluding carboxylic acids is 2. The molecule has 0 radical (unpaired) electrons. The Morgan fingerprint density at radius 2 is 1.71 bits per heavy atom. The SMILES string of the molecule is C[C@@H](OC(=O)c1ccc(Cl)cc1O)C(=O)Nc1cc(Cl)ccc1Cl. The molecule has 126 valence electrons. The van der Waals surface area contributed by atoms with Gasteiger partial charge in [0, 0.05) is 10.0 Å². The van der Waals surface area contributed by atoms with Gasteiger partial charge in [-0.3, -0.25) is 4.79 Å². The zero-order valence-corrected chi connectivity index (χ0v) is 14.6. The topological polar surface area (TPSA) is 75.6 Å². The van der Waals surface area contributed by atoms with Crippen LogP contribution in [-0.4, -0.2) is 23.1 Å². The maximum absolute atomic E-state index is 12.1. The van der Waals surface area contributed by atoms with Crippen molar-refractivity contribution in [2.24, 2.45) is 0 Å². The van der Waals surface area contributed by atoms with Crippen molar-refractivity contribution in [3.8, 4) is 5.75 Å². The van der Waals surface area contributed by atoms with Crippen LogP contribution >= 0.6 is 34.8 Å². The molecule has 0 spiro atoms. The molecule has 24 heavy (non-hydrogen) atoms. The van der Waals surface area contributed by atoms with Gasteiger partial charge in [0.25, 0.3) is 5.91 Å². The molecule has 0 bridgehead atoms. The number of hydrogen-bond donors (Lipinski definition) is 2. The minimum atomic E-state index is -1.12. The lowest BCUT2D eigenvalue weighted by molar-refractivity contribution is -0.123. The largest absolute Gasteiger partial charge is 0.507 e. The molecule has 5 nitrogen and oxygen atoms in total. The van der Waals surface area contributed by atoms with Crippen LogP contribution in [0.5, 0.6) is 5.75 Å². The van der Waals surface area contributed by atoms with Crippen LogP contribution in [0.15, 0.2) is 36.4 Å². The molecular formula is C16H12Cl3NO4. The molecule has 2 aromatic carbocycles. The van der Waals surface area contributed by atoms with Crippen molar-refractivity contribution >= 4 is 52.4 Å². The molecule has 0 heterocycles. The first-order chi connectivity index (χ1) is 11.3. The highest BCUT2D eigenvalue weighted by molar-refractivity contribution is 6.35. The summed E-state index contributed by atoms with van der Waals surface area (Å²) in [4.78, 5) is 24.1. The van der Waals surface area contributed by atoms with Crippen molar-refractivity contribution < 1.29 is 19.4 Å². The summed E-state index contributed by atoms with van der Waals surface area (Å²) in [7, 11) is 0. The maximum atomic E-state index is 12.1. The Hall–Kier alpha value is -1.95. The molecule has 0 saturated heterocycles. The molecule has 0 aliphatic heterocycles. The number of ether oxygens (including phenoxy) is 1. The second kappa shape index (κ2) is 7.75. The van der Waals surface area contributed by atoms with Gasteiger partial charge in [-0.05, 0) is 43.3 Å². The average molecular weight is 389 g/mol. The molecule has 2 N–H and O–H groups in total. The molecule has 0 saturated carbocycles. The van der Waals surface area contributed by atoms with Crippen LogP contribution in [0.2, 0.25) is 15.1 Å². The molecule has 0 aliphatic carbocycles. The van der Waals surface area contributed by atoms with E-state index in [2.05, 4.69) is 5.32 Å². The first-order valence-corrected chi connectivity index (χ1v) is 7.86. The zero-order valence-electron chi connectivity index (χ0n) is 12.3. The molecule has 2 rings (SSSR count). The van der Waals surface area contributed by atoms with Crippen molar-refractivity contribution in [2.75, 3.05) is 5.32 Å². The number of aromatic hydroxyl groups is 1. The van der Waals surface area contributed by atoms with Crippen LogP contribution in [-0.2, 0) is 9.53 Å². The predicted octanol–water partition coefficient (Wildman–Crippen LogP) is 4.54. The monoisotopic (exact) mass is 387 g/mol. The number of phenolic OH excluding ortho intramolecular Hbond substituents is 1. The van der Waals surface area contributed by atoms with Crippen LogP contribution in [0.4, 0.5) is 5.69 Å². The van der Waals surface area contributed by atoms with Crippen LogP contribution in [0.3, 0.4) is 0 Å². The van der Waals surface area contributed by atoms with E-state index in [1.54, 1.807) is 6.07 Å². The summed E-state index contributed by atoms with van der Waals surface area (Å²) in [5, 5.41) is 13.2. The Morgan fingerprint density at radius 1 is 1.08 bits per heavy atom. The van der Waals surface area contributed by atoms with Gasteiger partial charge < -0.3 is 15.2 Å². The summed E-state index contributed by atoms with van der Waals surface area (Å²) < 4.78 is 5.03. The normalized spacial score (nSPS) is 11.7. The van der Waals surface area contributed by atoms with Crippen molar-refractivity contribution in [2.45, 2.75) is 13.0 Å². The van der Waals surface area contributed by atoms with E-state index in [0.29, 0.717) is 15.7 Å². The number of esters is 1. The van der Waals surface area contributed by atoms with Gasteiger partial charge in [-0.25, -0.2) is 4.79 Å². The number of halogens is 3. The average Bonchev–Trinajstić information content (AvgIpc) is 2.50. The van der Waals surface area contributed by atoms with Gasteiger partial charge in [0.05, 0.1) is 10.7 Å². The Balaban J connectivity index is 2.05. The summed E-state index contributed by atoms with van der Waals surface area (Å²) in [6.45, 7) is 1.39. The van der Waals surface area contributed by atoms with Crippen LogP contribution in [0, 0.1) is 0 Å². The third kappa shape index (κ3) is 4.54. The Bertz CT molecular complexity index is 795. The van der Waals surface area contributed by atoms with E-state index in [4.69, 9.17) is 39.5 Å². The molecule has 0 aliphatic rings. The van der Waals surface area contributed by atoms with Gasteiger partial charge in [0.15, 0.2) is 6.10 Å². The molecule has 2 aromatic rings. The lowest BCUT2D eigenvalue weighted by Crippen LogP contribution is -2.30. The number of nitrogens with one attached hydrogen (secondary N) is 1. The predicted molar refractivity (Wildman–Crippen MR) is 93.1 cm³/mol. The van der Waals surface area contributed by atoms with Crippen LogP contribution in [0.25, 0.3) is 0 Å². The molecular weight excluding hydrogens is 377 g/mol. The van der Waals surface area contributed by atoms with Gasteiger partial charge in [0.1, 0.15) is 11.3 Å². The first-order valence-electron chi connectivity index (χ1n) is 6.73. The molecule has 0 aromatic heterocycles. The highest BCUT2D eigenvalue weighted by atomic mass is 35.5.